The highest BCUT2D eigenvalue weighted by atomic mass is 16.7. The van der Waals surface area contributed by atoms with Crippen molar-refractivity contribution >= 4 is 23.7 Å². The molecule has 0 aromatic carbocycles. The van der Waals surface area contributed by atoms with Crippen molar-refractivity contribution in [1.29, 1.82) is 0 Å². The molecule has 1 heterocycles. The highest BCUT2D eigenvalue weighted by Crippen LogP contribution is 2.75. The summed E-state index contributed by atoms with van der Waals surface area (Å²) in [6, 6.07) is 0. The molecule has 0 amide bonds. The number of fused-ring (bicyclic) bond motifs is 1. The smallest absolute Gasteiger partial charge is 0.302 e. The van der Waals surface area contributed by atoms with Crippen molar-refractivity contribution in [3.05, 3.63) is 12.2 Å². The largest absolute Gasteiger partial charge is 0.462 e. The SMILES string of the molecule is C=C1C(=O)[C@@]23[C@H](OC(C)=O)[C@H]1C[C@H](OC(C)=O)[C@H]2[C@@]12CCC[C@@](C)(CO[C@@H]1OC)[C@H]2C[C@H]3OC(C)=O. The minimum atomic E-state index is -1.45. The highest BCUT2D eigenvalue weighted by Gasteiger charge is 2.82. The van der Waals surface area contributed by atoms with Crippen molar-refractivity contribution in [2.75, 3.05) is 13.7 Å². The summed E-state index contributed by atoms with van der Waals surface area (Å²) in [7, 11) is 1.59. The Morgan fingerprint density at radius 1 is 1.00 bits per heavy atom. The van der Waals surface area contributed by atoms with E-state index in [1.165, 1.54) is 20.8 Å². The Balaban J connectivity index is 1.82. The van der Waals surface area contributed by atoms with E-state index in [0.717, 1.165) is 12.8 Å². The predicted molar refractivity (Wildman–Crippen MR) is 124 cm³/mol. The van der Waals surface area contributed by atoms with Crippen molar-refractivity contribution in [2.45, 2.75) is 84.4 Å². The molecule has 5 rings (SSSR count). The summed E-state index contributed by atoms with van der Waals surface area (Å²) in [5.41, 5.74) is -2.11. The number of carbonyl (C=O) groups is 4. The van der Waals surface area contributed by atoms with Gasteiger partial charge in [0.15, 0.2) is 12.1 Å². The van der Waals surface area contributed by atoms with Gasteiger partial charge in [-0.25, -0.2) is 0 Å². The van der Waals surface area contributed by atoms with Crippen LogP contribution in [0.3, 0.4) is 0 Å². The van der Waals surface area contributed by atoms with Crippen molar-refractivity contribution in [3.63, 3.8) is 0 Å². The van der Waals surface area contributed by atoms with Crippen LogP contribution in [0.15, 0.2) is 12.2 Å². The molecule has 9 nitrogen and oxygen atoms in total. The maximum atomic E-state index is 14.4. The number of rotatable bonds is 4. The van der Waals surface area contributed by atoms with Gasteiger partial charge in [0, 0.05) is 45.1 Å². The number of ketones is 1. The van der Waals surface area contributed by atoms with E-state index in [1.807, 2.05) is 0 Å². The van der Waals surface area contributed by atoms with Crippen molar-refractivity contribution in [2.24, 2.45) is 34.0 Å². The van der Waals surface area contributed by atoms with E-state index < -0.39 is 65.2 Å². The first-order valence-corrected chi connectivity index (χ1v) is 12.8. The summed E-state index contributed by atoms with van der Waals surface area (Å²) in [4.78, 5) is 51.5. The second-order valence-electron chi connectivity index (χ2n) is 11.7. The van der Waals surface area contributed by atoms with Gasteiger partial charge in [-0.1, -0.05) is 19.9 Å². The number of hydrogen-bond donors (Lipinski definition) is 0. The number of esters is 3. The lowest BCUT2D eigenvalue weighted by atomic mass is 9.37. The van der Waals surface area contributed by atoms with Crippen LogP contribution in [0.1, 0.15) is 59.8 Å². The van der Waals surface area contributed by atoms with Gasteiger partial charge in [-0.3, -0.25) is 19.2 Å². The van der Waals surface area contributed by atoms with Crippen molar-refractivity contribution < 1.29 is 42.9 Å². The van der Waals surface area contributed by atoms with E-state index in [2.05, 4.69) is 13.5 Å². The van der Waals surface area contributed by atoms with Gasteiger partial charge in [0.1, 0.15) is 23.7 Å². The molecule has 4 bridgehead atoms. The van der Waals surface area contributed by atoms with E-state index in [0.29, 0.717) is 25.0 Å². The molecule has 0 aromatic rings. The topological polar surface area (TPSA) is 114 Å². The molecule has 0 unspecified atom stereocenters. The Bertz CT molecular complexity index is 1020. The summed E-state index contributed by atoms with van der Waals surface area (Å²) >= 11 is 0. The molecule has 4 aliphatic carbocycles. The van der Waals surface area contributed by atoms with Crippen LogP contribution in [0.2, 0.25) is 0 Å². The van der Waals surface area contributed by atoms with Crippen LogP contribution in [0, 0.1) is 34.0 Å². The number of ether oxygens (including phenoxy) is 5. The monoisotopic (exact) mass is 504 g/mol. The van der Waals surface area contributed by atoms with E-state index in [4.69, 9.17) is 23.7 Å². The van der Waals surface area contributed by atoms with Gasteiger partial charge in [-0.15, -0.1) is 0 Å². The third-order valence-electron chi connectivity index (χ3n) is 9.89. The first-order chi connectivity index (χ1) is 16.9. The van der Waals surface area contributed by atoms with Crippen LogP contribution in [0.5, 0.6) is 0 Å². The summed E-state index contributed by atoms with van der Waals surface area (Å²) in [6.45, 7) is 10.7. The molecule has 10 atom stereocenters. The quantitative estimate of drug-likeness (QED) is 0.324. The maximum Gasteiger partial charge on any atom is 0.302 e. The molecule has 9 heteroatoms. The molecule has 36 heavy (non-hydrogen) atoms. The molecule has 1 aliphatic heterocycles. The molecule has 5 aliphatic rings. The van der Waals surface area contributed by atoms with E-state index >= 15 is 0 Å². The Hall–Kier alpha value is -2.26. The average Bonchev–Trinajstić information content (AvgIpc) is 2.90. The van der Waals surface area contributed by atoms with Gasteiger partial charge in [-0.2, -0.15) is 0 Å². The van der Waals surface area contributed by atoms with Crippen LogP contribution >= 0.6 is 0 Å². The lowest BCUT2D eigenvalue weighted by molar-refractivity contribution is -0.362. The Morgan fingerprint density at radius 3 is 2.28 bits per heavy atom. The second-order valence-corrected chi connectivity index (χ2v) is 11.7. The molecule has 0 radical (unpaired) electrons. The average molecular weight is 505 g/mol. The summed E-state index contributed by atoms with van der Waals surface area (Å²) in [5, 5.41) is 0. The third-order valence-corrected chi connectivity index (χ3v) is 9.89. The molecule has 1 saturated heterocycles. The zero-order valence-electron chi connectivity index (χ0n) is 21.7. The van der Waals surface area contributed by atoms with Gasteiger partial charge in [0.25, 0.3) is 0 Å². The normalized spacial score (nSPS) is 46.9. The molecule has 5 fully saturated rings. The molecular formula is C27H36O9. The minimum absolute atomic E-state index is 0.0355. The molecule has 0 aromatic heterocycles. The molecule has 198 valence electrons. The van der Waals surface area contributed by atoms with E-state index in [-0.39, 0.29) is 23.5 Å². The Labute approximate surface area is 211 Å². The number of hydrogen-bond acceptors (Lipinski definition) is 9. The van der Waals surface area contributed by atoms with Crippen molar-refractivity contribution in [3.8, 4) is 0 Å². The van der Waals surface area contributed by atoms with E-state index in [9.17, 15) is 19.2 Å². The number of Topliss-reactive ketones (excluding diaryl/α,β-unsaturated/α-hetero) is 1. The van der Waals surface area contributed by atoms with Crippen molar-refractivity contribution in [1.82, 2.24) is 0 Å². The zero-order valence-corrected chi connectivity index (χ0v) is 21.7. The molecule has 1 spiro atoms. The lowest BCUT2D eigenvalue weighted by Gasteiger charge is -2.70. The standard InChI is InChI=1S/C27H36O9/c1-13-17-10-18(34-14(2)28)21-26-9-7-8-25(5,12-33-24(26)32-6)19(26)11-20(35-15(3)29)27(21,22(13)31)23(17)36-16(4)30/h17-21,23-24H,1,7-12H2,2-6H3/t17-,18-,19+,20+,21-,23+,24-,25-,26-,27-/m0/s1. The van der Waals surface area contributed by atoms with E-state index in [1.54, 1.807) is 7.11 Å². The van der Waals surface area contributed by atoms with Gasteiger partial charge in [0.2, 0.25) is 0 Å². The van der Waals surface area contributed by atoms with Crippen LogP contribution < -0.4 is 0 Å². The molecule has 4 saturated carbocycles. The summed E-state index contributed by atoms with van der Waals surface area (Å²) in [5.74, 6) is -3.05. The van der Waals surface area contributed by atoms with Gasteiger partial charge < -0.3 is 23.7 Å². The number of carbonyl (C=O) groups excluding carboxylic acids is 4. The fraction of sp³-hybridized carbons (Fsp3) is 0.778. The summed E-state index contributed by atoms with van der Waals surface area (Å²) in [6.07, 6.45) is 0.0363. The Kier molecular flexibility index (Phi) is 5.91. The Morgan fingerprint density at radius 2 is 1.67 bits per heavy atom. The summed E-state index contributed by atoms with van der Waals surface area (Å²) < 4.78 is 30.2. The lowest BCUT2D eigenvalue weighted by Crippen LogP contribution is -2.76. The first kappa shape index (κ1) is 25.4. The third kappa shape index (κ3) is 3.14. The number of methoxy groups -OCH3 is 1. The fourth-order valence-electron chi connectivity index (χ4n) is 9.11. The van der Waals surface area contributed by atoms with Crippen LogP contribution in [-0.2, 0) is 42.9 Å². The zero-order chi connectivity index (χ0) is 26.2. The maximum absolute atomic E-state index is 14.4. The van der Waals surface area contributed by atoms with Crippen LogP contribution in [0.25, 0.3) is 0 Å². The predicted octanol–water partition coefficient (Wildman–Crippen LogP) is 2.74. The van der Waals surface area contributed by atoms with Gasteiger partial charge in [0.05, 0.1) is 6.61 Å². The van der Waals surface area contributed by atoms with Crippen LogP contribution in [0.4, 0.5) is 0 Å². The second kappa shape index (κ2) is 8.38. The van der Waals surface area contributed by atoms with Gasteiger partial charge >= 0.3 is 17.9 Å². The molecule has 0 N–H and O–H groups in total. The minimum Gasteiger partial charge on any atom is -0.462 e. The molecular weight excluding hydrogens is 468 g/mol. The van der Waals surface area contributed by atoms with Crippen LogP contribution in [-0.4, -0.2) is 62.0 Å². The fourth-order valence-corrected chi connectivity index (χ4v) is 9.11. The first-order valence-electron chi connectivity index (χ1n) is 12.8. The van der Waals surface area contributed by atoms with Gasteiger partial charge in [-0.05, 0) is 42.6 Å². The highest BCUT2D eigenvalue weighted by molar-refractivity contribution is 6.05.